The minimum Gasteiger partial charge on any atom is -0.501 e. The van der Waals surface area contributed by atoms with Crippen molar-refractivity contribution in [3.63, 3.8) is 0 Å². The molecular formula is C13H24O2. The van der Waals surface area contributed by atoms with Gasteiger partial charge in [-0.25, -0.2) is 0 Å². The van der Waals surface area contributed by atoms with E-state index in [1.807, 2.05) is 0 Å². The molecule has 2 unspecified atom stereocenters. The van der Waals surface area contributed by atoms with Crippen molar-refractivity contribution >= 4 is 0 Å². The summed E-state index contributed by atoms with van der Waals surface area (Å²) in [6, 6.07) is 0. The highest BCUT2D eigenvalue weighted by Gasteiger charge is 2.16. The third kappa shape index (κ3) is 4.52. The van der Waals surface area contributed by atoms with Crippen molar-refractivity contribution in [2.45, 2.75) is 40.2 Å². The molecule has 0 aromatic carbocycles. The van der Waals surface area contributed by atoms with Gasteiger partial charge >= 0.3 is 0 Å². The third-order valence-electron chi connectivity index (χ3n) is 2.83. The summed E-state index contributed by atoms with van der Waals surface area (Å²) < 4.78 is 10.7. The van der Waals surface area contributed by atoms with E-state index >= 15 is 0 Å². The number of rotatable bonds is 6. The molecule has 0 aliphatic rings. The molecule has 0 fully saturated rings. The van der Waals surface area contributed by atoms with Crippen LogP contribution >= 0.6 is 0 Å². The van der Waals surface area contributed by atoms with Crippen LogP contribution in [0.4, 0.5) is 0 Å². The van der Waals surface area contributed by atoms with Crippen LogP contribution in [-0.4, -0.2) is 20.3 Å². The van der Waals surface area contributed by atoms with Gasteiger partial charge in [0.1, 0.15) is 0 Å². The van der Waals surface area contributed by atoms with Crippen LogP contribution < -0.4 is 0 Å². The Morgan fingerprint density at radius 2 is 1.93 bits per heavy atom. The van der Waals surface area contributed by atoms with Gasteiger partial charge in [-0.2, -0.15) is 0 Å². The summed E-state index contributed by atoms with van der Waals surface area (Å²) in [5.41, 5.74) is 1.31. The van der Waals surface area contributed by atoms with Gasteiger partial charge in [0.2, 0.25) is 0 Å². The molecule has 0 saturated heterocycles. The Hall–Kier alpha value is -0.760. The lowest BCUT2D eigenvalue weighted by atomic mass is 9.93. The molecular weight excluding hydrogens is 188 g/mol. The molecule has 2 nitrogen and oxygen atoms in total. The Balaban J connectivity index is 4.86. The molecule has 2 heteroatoms. The summed E-state index contributed by atoms with van der Waals surface area (Å²) in [4.78, 5) is 0. The predicted molar refractivity (Wildman–Crippen MR) is 64.8 cm³/mol. The lowest BCUT2D eigenvalue weighted by Gasteiger charge is -2.21. The van der Waals surface area contributed by atoms with Crippen molar-refractivity contribution in [3.05, 3.63) is 23.5 Å². The maximum absolute atomic E-state index is 5.38. The topological polar surface area (TPSA) is 18.5 Å². The molecule has 0 bridgehead atoms. The number of hydrogen-bond donors (Lipinski definition) is 0. The molecule has 0 aliphatic carbocycles. The minimum absolute atomic E-state index is 0.179. The van der Waals surface area contributed by atoms with Gasteiger partial charge in [-0.1, -0.05) is 18.6 Å². The monoisotopic (exact) mass is 212 g/mol. The second-order valence-corrected chi connectivity index (χ2v) is 3.69. The SMILES string of the molecule is C/C=C(\C)C(/C=C(\CC)OC)C(C)OC. The molecule has 0 N–H and O–H groups in total. The molecule has 0 radical (unpaired) electrons. The molecule has 15 heavy (non-hydrogen) atoms. The highest BCUT2D eigenvalue weighted by atomic mass is 16.5. The Morgan fingerprint density at radius 1 is 1.33 bits per heavy atom. The van der Waals surface area contributed by atoms with Crippen LogP contribution in [-0.2, 0) is 9.47 Å². The second kappa shape index (κ2) is 7.52. The summed E-state index contributed by atoms with van der Waals surface area (Å²) in [6.07, 6.45) is 5.38. The van der Waals surface area contributed by atoms with E-state index < -0.39 is 0 Å². The molecule has 0 amide bonds. The van der Waals surface area contributed by atoms with Gasteiger partial charge < -0.3 is 9.47 Å². The predicted octanol–water partition coefficient (Wildman–Crippen LogP) is 3.54. The molecule has 0 heterocycles. The van der Waals surface area contributed by atoms with Crippen LogP contribution in [0.3, 0.4) is 0 Å². The van der Waals surface area contributed by atoms with E-state index in [1.165, 1.54) is 5.57 Å². The van der Waals surface area contributed by atoms with E-state index in [1.54, 1.807) is 14.2 Å². The van der Waals surface area contributed by atoms with E-state index in [9.17, 15) is 0 Å². The van der Waals surface area contributed by atoms with Crippen LogP contribution in [0.1, 0.15) is 34.1 Å². The van der Waals surface area contributed by atoms with Gasteiger partial charge in [0.05, 0.1) is 19.0 Å². The quantitative estimate of drug-likeness (QED) is 0.495. The van der Waals surface area contributed by atoms with Gasteiger partial charge in [-0.3, -0.25) is 0 Å². The maximum Gasteiger partial charge on any atom is 0.0919 e. The molecule has 0 rings (SSSR count). The van der Waals surface area contributed by atoms with E-state index in [0.29, 0.717) is 5.92 Å². The standard InChI is InChI=1S/C13H24O2/c1-7-10(3)13(11(4)14-5)9-12(8-2)15-6/h7,9,11,13H,8H2,1-6H3/b10-7+,12-9+. The largest absolute Gasteiger partial charge is 0.501 e. The van der Waals surface area contributed by atoms with Crippen molar-refractivity contribution in [1.82, 2.24) is 0 Å². The fraction of sp³-hybridized carbons (Fsp3) is 0.692. The maximum atomic E-state index is 5.38. The zero-order valence-corrected chi connectivity index (χ0v) is 10.8. The highest BCUT2D eigenvalue weighted by molar-refractivity contribution is 5.14. The summed E-state index contributed by atoms with van der Waals surface area (Å²) in [5.74, 6) is 1.32. The van der Waals surface area contributed by atoms with Crippen LogP contribution in [0, 0.1) is 5.92 Å². The third-order valence-corrected chi connectivity index (χ3v) is 2.83. The van der Waals surface area contributed by atoms with Gasteiger partial charge in [0.15, 0.2) is 0 Å². The molecule has 0 aromatic rings. The average Bonchev–Trinajstić information content (AvgIpc) is 2.29. The van der Waals surface area contributed by atoms with Crippen molar-refractivity contribution in [2.24, 2.45) is 5.92 Å². The second-order valence-electron chi connectivity index (χ2n) is 3.69. The van der Waals surface area contributed by atoms with E-state index in [0.717, 1.165) is 12.2 Å². The van der Waals surface area contributed by atoms with Crippen molar-refractivity contribution < 1.29 is 9.47 Å². The summed E-state index contributed by atoms with van der Waals surface area (Å²) >= 11 is 0. The Kier molecular flexibility index (Phi) is 7.14. The summed E-state index contributed by atoms with van der Waals surface area (Å²) in [6.45, 7) is 8.35. The smallest absolute Gasteiger partial charge is 0.0919 e. The Labute approximate surface area is 94.0 Å². The average molecular weight is 212 g/mol. The molecule has 0 aromatic heterocycles. The normalized spacial score (nSPS) is 17.5. The number of allylic oxidation sites excluding steroid dienone is 2. The highest BCUT2D eigenvalue weighted by Crippen LogP contribution is 2.21. The fourth-order valence-corrected chi connectivity index (χ4v) is 1.51. The van der Waals surface area contributed by atoms with Gasteiger partial charge in [-0.15, -0.1) is 0 Å². The number of hydrogen-bond acceptors (Lipinski definition) is 2. The van der Waals surface area contributed by atoms with Crippen LogP contribution in [0.25, 0.3) is 0 Å². The summed E-state index contributed by atoms with van der Waals surface area (Å²) in [5, 5.41) is 0. The first-order valence-electron chi connectivity index (χ1n) is 5.50. The number of ether oxygens (including phenoxy) is 2. The molecule has 0 aliphatic heterocycles. The van der Waals surface area contributed by atoms with Crippen LogP contribution in [0.15, 0.2) is 23.5 Å². The molecule has 88 valence electrons. The van der Waals surface area contributed by atoms with Gasteiger partial charge in [-0.05, 0) is 26.8 Å². The first-order chi connectivity index (χ1) is 7.10. The molecule has 0 saturated carbocycles. The zero-order valence-electron chi connectivity index (χ0n) is 10.8. The van der Waals surface area contributed by atoms with Crippen molar-refractivity contribution in [1.29, 1.82) is 0 Å². The lowest BCUT2D eigenvalue weighted by Crippen LogP contribution is -2.19. The first-order valence-corrected chi connectivity index (χ1v) is 5.50. The minimum atomic E-state index is 0.179. The fourth-order valence-electron chi connectivity index (χ4n) is 1.51. The van der Waals surface area contributed by atoms with E-state index in [-0.39, 0.29) is 6.10 Å². The van der Waals surface area contributed by atoms with E-state index in [4.69, 9.17) is 9.47 Å². The van der Waals surface area contributed by atoms with Crippen molar-refractivity contribution in [3.8, 4) is 0 Å². The van der Waals surface area contributed by atoms with Crippen molar-refractivity contribution in [2.75, 3.05) is 14.2 Å². The summed E-state index contributed by atoms with van der Waals surface area (Å²) in [7, 11) is 3.46. The molecule has 2 atom stereocenters. The Morgan fingerprint density at radius 3 is 2.27 bits per heavy atom. The van der Waals surface area contributed by atoms with E-state index in [2.05, 4.69) is 39.8 Å². The Bertz CT molecular complexity index is 223. The zero-order chi connectivity index (χ0) is 11.8. The number of methoxy groups -OCH3 is 2. The lowest BCUT2D eigenvalue weighted by molar-refractivity contribution is 0.0931. The van der Waals surface area contributed by atoms with Crippen LogP contribution in [0.2, 0.25) is 0 Å². The first kappa shape index (κ1) is 14.2. The van der Waals surface area contributed by atoms with Crippen LogP contribution in [0.5, 0.6) is 0 Å². The molecule has 0 spiro atoms. The van der Waals surface area contributed by atoms with Gasteiger partial charge in [0, 0.05) is 19.4 Å². The van der Waals surface area contributed by atoms with Gasteiger partial charge in [0.25, 0.3) is 0 Å².